The highest BCUT2D eigenvalue weighted by atomic mass is 19.4. The summed E-state index contributed by atoms with van der Waals surface area (Å²) in [4.78, 5) is 26.8. The van der Waals surface area contributed by atoms with Gasteiger partial charge in [-0.2, -0.15) is 13.2 Å². The first-order valence-electron chi connectivity index (χ1n) is 8.81. The Balaban J connectivity index is 1.61. The van der Waals surface area contributed by atoms with E-state index in [9.17, 15) is 22.8 Å². The molecule has 2 aliphatic heterocycles. The minimum atomic E-state index is -4.42. The number of anilines is 1. The van der Waals surface area contributed by atoms with Gasteiger partial charge in [0.25, 0.3) is 5.91 Å². The fraction of sp³-hybridized carbons (Fsp3) is 0.529. The van der Waals surface area contributed by atoms with E-state index in [0.717, 1.165) is 0 Å². The van der Waals surface area contributed by atoms with Crippen LogP contribution in [0.3, 0.4) is 0 Å². The summed E-state index contributed by atoms with van der Waals surface area (Å²) < 4.78 is 40.1. The molecule has 0 aliphatic carbocycles. The number of nitrogens with one attached hydrogen (secondary N) is 3. The zero-order valence-electron chi connectivity index (χ0n) is 14.7. The summed E-state index contributed by atoms with van der Waals surface area (Å²) in [6.45, 7) is 2.13. The van der Waals surface area contributed by atoms with Gasteiger partial charge in [0.2, 0.25) is 0 Å². The SMILES string of the molecule is O=C(NCC(N1CCNCC1)C(F)(F)F)c1ccc(N2CCNC2=O)cc1. The molecular formula is C17H22F3N5O2. The molecule has 2 fully saturated rings. The van der Waals surface area contributed by atoms with Gasteiger partial charge in [0, 0.05) is 57.1 Å². The minimum absolute atomic E-state index is 0.212. The molecule has 0 aromatic heterocycles. The maximum absolute atomic E-state index is 13.4. The number of hydrogen-bond acceptors (Lipinski definition) is 4. The molecule has 1 aromatic rings. The number of hydrogen-bond donors (Lipinski definition) is 3. The Kier molecular flexibility index (Phi) is 5.85. The molecule has 0 spiro atoms. The summed E-state index contributed by atoms with van der Waals surface area (Å²) in [6, 6.07) is 4.30. The summed E-state index contributed by atoms with van der Waals surface area (Å²) in [5, 5.41) is 8.08. The molecule has 3 rings (SSSR count). The maximum atomic E-state index is 13.4. The van der Waals surface area contributed by atoms with E-state index in [-0.39, 0.29) is 24.7 Å². The minimum Gasteiger partial charge on any atom is -0.350 e. The van der Waals surface area contributed by atoms with Crippen LogP contribution >= 0.6 is 0 Å². The predicted octanol–water partition coefficient (Wildman–Crippen LogP) is 0.782. The van der Waals surface area contributed by atoms with Crippen LogP contribution in [0.2, 0.25) is 0 Å². The fourth-order valence-corrected chi connectivity index (χ4v) is 3.25. The third kappa shape index (κ3) is 4.69. The van der Waals surface area contributed by atoms with E-state index >= 15 is 0 Å². The highest BCUT2D eigenvalue weighted by Gasteiger charge is 2.43. The molecule has 148 valence electrons. The topological polar surface area (TPSA) is 76.7 Å². The molecule has 2 aliphatic rings. The zero-order valence-corrected chi connectivity index (χ0v) is 14.7. The second kappa shape index (κ2) is 8.13. The molecule has 0 saturated carbocycles. The van der Waals surface area contributed by atoms with Crippen molar-refractivity contribution in [1.82, 2.24) is 20.9 Å². The van der Waals surface area contributed by atoms with Crippen LogP contribution in [-0.4, -0.2) is 74.9 Å². The molecule has 0 bridgehead atoms. The van der Waals surface area contributed by atoms with Crippen LogP contribution in [0.15, 0.2) is 24.3 Å². The Morgan fingerprint density at radius 3 is 2.33 bits per heavy atom. The number of benzene rings is 1. The van der Waals surface area contributed by atoms with Crippen LogP contribution in [0.25, 0.3) is 0 Å². The lowest BCUT2D eigenvalue weighted by Gasteiger charge is -2.35. The number of carbonyl (C=O) groups excluding carboxylic acids is 2. The summed E-state index contributed by atoms with van der Waals surface area (Å²) in [5.74, 6) is -0.572. The molecule has 27 heavy (non-hydrogen) atoms. The summed E-state index contributed by atoms with van der Waals surface area (Å²) in [7, 11) is 0. The number of piperazine rings is 1. The number of alkyl halides is 3. The van der Waals surface area contributed by atoms with Gasteiger partial charge in [0.15, 0.2) is 0 Å². The van der Waals surface area contributed by atoms with Crippen LogP contribution in [0.5, 0.6) is 0 Å². The Hall–Kier alpha value is -2.33. The van der Waals surface area contributed by atoms with Gasteiger partial charge in [-0.25, -0.2) is 4.79 Å². The average Bonchev–Trinajstić information content (AvgIpc) is 3.07. The number of halogens is 3. The molecule has 3 N–H and O–H groups in total. The number of carbonyl (C=O) groups is 2. The first-order chi connectivity index (χ1) is 12.9. The number of amides is 3. The number of rotatable bonds is 5. The van der Waals surface area contributed by atoms with E-state index in [1.165, 1.54) is 21.9 Å². The lowest BCUT2D eigenvalue weighted by atomic mass is 10.1. The van der Waals surface area contributed by atoms with E-state index < -0.39 is 24.7 Å². The Bertz CT molecular complexity index is 674. The van der Waals surface area contributed by atoms with E-state index in [1.807, 2.05) is 0 Å². The Morgan fingerprint density at radius 1 is 1.11 bits per heavy atom. The smallest absolute Gasteiger partial charge is 0.350 e. The summed E-state index contributed by atoms with van der Waals surface area (Å²) in [6.07, 6.45) is -4.42. The molecule has 2 heterocycles. The van der Waals surface area contributed by atoms with Gasteiger partial charge in [0.1, 0.15) is 6.04 Å². The highest BCUT2D eigenvalue weighted by Crippen LogP contribution is 2.25. The third-order valence-electron chi connectivity index (χ3n) is 4.72. The van der Waals surface area contributed by atoms with Crippen LogP contribution in [0.1, 0.15) is 10.4 Å². The van der Waals surface area contributed by atoms with Gasteiger partial charge >= 0.3 is 12.2 Å². The quantitative estimate of drug-likeness (QED) is 0.700. The molecule has 1 atom stereocenters. The first-order valence-corrected chi connectivity index (χ1v) is 8.81. The molecule has 3 amide bonds. The van der Waals surface area contributed by atoms with Crippen molar-refractivity contribution < 1.29 is 22.8 Å². The Morgan fingerprint density at radius 2 is 1.78 bits per heavy atom. The largest absolute Gasteiger partial charge is 0.405 e. The molecule has 1 unspecified atom stereocenters. The van der Waals surface area contributed by atoms with Crippen LogP contribution in [0, 0.1) is 0 Å². The van der Waals surface area contributed by atoms with Gasteiger partial charge in [-0.15, -0.1) is 0 Å². The van der Waals surface area contributed by atoms with E-state index in [1.54, 1.807) is 12.1 Å². The number of nitrogens with zero attached hydrogens (tertiary/aromatic N) is 2. The highest BCUT2D eigenvalue weighted by molar-refractivity contribution is 5.97. The third-order valence-corrected chi connectivity index (χ3v) is 4.72. The molecular weight excluding hydrogens is 363 g/mol. The second-order valence-corrected chi connectivity index (χ2v) is 6.48. The van der Waals surface area contributed by atoms with E-state index in [2.05, 4.69) is 16.0 Å². The fourth-order valence-electron chi connectivity index (χ4n) is 3.25. The Labute approximate surface area is 154 Å². The lowest BCUT2D eigenvalue weighted by molar-refractivity contribution is -0.183. The number of urea groups is 1. The van der Waals surface area contributed by atoms with Gasteiger partial charge < -0.3 is 16.0 Å². The van der Waals surface area contributed by atoms with Crippen molar-refractivity contribution in [3.63, 3.8) is 0 Å². The van der Waals surface area contributed by atoms with Crippen molar-refractivity contribution in [1.29, 1.82) is 0 Å². The predicted molar refractivity (Wildman–Crippen MR) is 93.8 cm³/mol. The van der Waals surface area contributed by atoms with Crippen molar-refractivity contribution in [2.24, 2.45) is 0 Å². The molecule has 0 radical (unpaired) electrons. The van der Waals surface area contributed by atoms with Crippen LogP contribution in [-0.2, 0) is 0 Å². The first kappa shape index (κ1) is 19.4. The van der Waals surface area contributed by atoms with Crippen molar-refractivity contribution in [3.05, 3.63) is 29.8 Å². The summed E-state index contributed by atoms with van der Waals surface area (Å²) >= 11 is 0. The van der Waals surface area contributed by atoms with E-state index in [0.29, 0.717) is 31.9 Å². The van der Waals surface area contributed by atoms with Crippen molar-refractivity contribution >= 4 is 17.6 Å². The maximum Gasteiger partial charge on any atom is 0.405 e. The standard InChI is InChI=1S/C17H22F3N5O2/c18-17(19,20)14(24-8-5-21-6-9-24)11-23-15(26)12-1-3-13(4-2-12)25-10-7-22-16(25)27/h1-4,14,21H,5-11H2,(H,22,27)(H,23,26). The van der Waals surface area contributed by atoms with Crippen LogP contribution in [0.4, 0.5) is 23.7 Å². The normalized spacial score (nSPS) is 19.7. The van der Waals surface area contributed by atoms with Gasteiger partial charge in [-0.05, 0) is 24.3 Å². The van der Waals surface area contributed by atoms with Crippen molar-refractivity contribution in [3.8, 4) is 0 Å². The summed E-state index contributed by atoms with van der Waals surface area (Å²) in [5.41, 5.74) is 0.884. The average molecular weight is 385 g/mol. The van der Waals surface area contributed by atoms with Crippen molar-refractivity contribution in [2.75, 3.05) is 50.7 Å². The van der Waals surface area contributed by atoms with Gasteiger partial charge in [-0.1, -0.05) is 0 Å². The monoisotopic (exact) mass is 385 g/mol. The zero-order chi connectivity index (χ0) is 19.4. The molecule has 2 saturated heterocycles. The van der Waals surface area contributed by atoms with Gasteiger partial charge in [-0.3, -0.25) is 14.6 Å². The van der Waals surface area contributed by atoms with Crippen LogP contribution < -0.4 is 20.9 Å². The van der Waals surface area contributed by atoms with Crippen molar-refractivity contribution in [2.45, 2.75) is 12.2 Å². The molecule has 1 aromatic carbocycles. The molecule has 10 heteroatoms. The lowest BCUT2D eigenvalue weighted by Crippen LogP contribution is -2.57. The van der Waals surface area contributed by atoms with Gasteiger partial charge in [0.05, 0.1) is 0 Å². The second-order valence-electron chi connectivity index (χ2n) is 6.48. The molecule has 7 nitrogen and oxygen atoms in total. The van der Waals surface area contributed by atoms with E-state index in [4.69, 9.17) is 0 Å².